The summed E-state index contributed by atoms with van der Waals surface area (Å²) in [5.41, 5.74) is 6.33. The monoisotopic (exact) mass is 314 g/mol. The van der Waals surface area contributed by atoms with Crippen molar-refractivity contribution in [2.75, 3.05) is 13.1 Å². The maximum atomic E-state index is 12.3. The predicted molar refractivity (Wildman–Crippen MR) is 90.3 cm³/mol. The number of hydrogen-bond acceptors (Lipinski definition) is 4. The maximum Gasteiger partial charge on any atom is 0.238 e. The molecule has 23 heavy (non-hydrogen) atoms. The summed E-state index contributed by atoms with van der Waals surface area (Å²) in [5, 5.41) is 12.5. The van der Waals surface area contributed by atoms with Gasteiger partial charge in [-0.05, 0) is 24.3 Å². The van der Waals surface area contributed by atoms with Crippen LogP contribution in [0, 0.1) is 17.2 Å². The number of nitriles is 1. The molecule has 0 bridgehead atoms. The van der Waals surface area contributed by atoms with Crippen molar-refractivity contribution in [3.05, 3.63) is 35.9 Å². The van der Waals surface area contributed by atoms with Crippen molar-refractivity contribution in [3.8, 4) is 6.07 Å². The normalized spacial score (nSPS) is 22.7. The maximum absolute atomic E-state index is 12.3. The van der Waals surface area contributed by atoms with Crippen molar-refractivity contribution in [1.29, 1.82) is 5.26 Å². The van der Waals surface area contributed by atoms with E-state index in [1.165, 1.54) is 5.56 Å². The lowest BCUT2D eigenvalue weighted by atomic mass is 9.98. The molecular weight excluding hydrogens is 288 g/mol. The number of rotatable bonds is 6. The van der Waals surface area contributed by atoms with E-state index in [1.54, 1.807) is 0 Å². The summed E-state index contributed by atoms with van der Waals surface area (Å²) in [7, 11) is 0. The third-order valence-electron chi connectivity index (χ3n) is 4.24. The molecule has 1 amide bonds. The SMILES string of the molecule is CC(C)CC(N)C(=O)NC1(C#N)CCN(Cc2ccccc2)C1. The largest absolute Gasteiger partial charge is 0.335 e. The second kappa shape index (κ2) is 7.58. The minimum atomic E-state index is -0.819. The number of carbonyl (C=O) groups excluding carboxylic acids is 1. The molecule has 0 aromatic heterocycles. The van der Waals surface area contributed by atoms with Gasteiger partial charge < -0.3 is 11.1 Å². The smallest absolute Gasteiger partial charge is 0.238 e. The van der Waals surface area contributed by atoms with Gasteiger partial charge in [0.2, 0.25) is 5.91 Å². The van der Waals surface area contributed by atoms with Crippen LogP contribution in [0.2, 0.25) is 0 Å². The minimum absolute atomic E-state index is 0.221. The Morgan fingerprint density at radius 1 is 1.43 bits per heavy atom. The van der Waals surface area contributed by atoms with Gasteiger partial charge in [-0.1, -0.05) is 44.2 Å². The molecule has 124 valence electrons. The molecule has 1 aromatic rings. The van der Waals surface area contributed by atoms with Crippen LogP contribution in [0.4, 0.5) is 0 Å². The van der Waals surface area contributed by atoms with Crippen LogP contribution in [0.5, 0.6) is 0 Å². The highest BCUT2D eigenvalue weighted by molar-refractivity contribution is 5.82. The quantitative estimate of drug-likeness (QED) is 0.836. The molecule has 1 aromatic carbocycles. The number of nitrogens with zero attached hydrogens (tertiary/aromatic N) is 2. The third-order valence-corrected chi connectivity index (χ3v) is 4.24. The highest BCUT2D eigenvalue weighted by Crippen LogP contribution is 2.23. The molecule has 1 fully saturated rings. The Morgan fingerprint density at radius 2 is 2.13 bits per heavy atom. The van der Waals surface area contributed by atoms with Gasteiger partial charge in [0.1, 0.15) is 5.54 Å². The van der Waals surface area contributed by atoms with Gasteiger partial charge in [-0.25, -0.2) is 0 Å². The van der Waals surface area contributed by atoms with Crippen molar-refractivity contribution < 1.29 is 4.79 Å². The van der Waals surface area contributed by atoms with Gasteiger partial charge in [-0.3, -0.25) is 9.69 Å². The number of carbonyl (C=O) groups is 1. The summed E-state index contributed by atoms with van der Waals surface area (Å²) in [6.45, 7) is 6.19. The number of nitrogens with one attached hydrogen (secondary N) is 1. The van der Waals surface area contributed by atoms with Gasteiger partial charge in [0.05, 0.1) is 12.1 Å². The van der Waals surface area contributed by atoms with Crippen LogP contribution in [-0.2, 0) is 11.3 Å². The van der Waals surface area contributed by atoms with E-state index in [9.17, 15) is 10.1 Å². The summed E-state index contributed by atoms with van der Waals surface area (Å²) >= 11 is 0. The lowest BCUT2D eigenvalue weighted by Crippen LogP contribution is -2.54. The first-order valence-electron chi connectivity index (χ1n) is 8.19. The van der Waals surface area contributed by atoms with Crippen molar-refractivity contribution >= 4 is 5.91 Å². The lowest BCUT2D eigenvalue weighted by molar-refractivity contribution is -0.124. The van der Waals surface area contributed by atoms with Crippen LogP contribution >= 0.6 is 0 Å². The zero-order valence-electron chi connectivity index (χ0n) is 14.0. The number of amides is 1. The molecule has 1 aliphatic rings. The molecule has 0 spiro atoms. The van der Waals surface area contributed by atoms with Gasteiger partial charge >= 0.3 is 0 Å². The first-order chi connectivity index (χ1) is 10.9. The molecule has 1 heterocycles. The number of hydrogen-bond donors (Lipinski definition) is 2. The van der Waals surface area contributed by atoms with Crippen LogP contribution in [0.15, 0.2) is 30.3 Å². The Labute approximate surface area is 138 Å². The van der Waals surface area contributed by atoms with Gasteiger partial charge in [-0.15, -0.1) is 0 Å². The second-order valence-corrected chi connectivity index (χ2v) is 6.87. The molecular formula is C18H26N4O. The summed E-state index contributed by atoms with van der Waals surface area (Å²) in [6, 6.07) is 11.9. The molecule has 0 aliphatic carbocycles. The summed E-state index contributed by atoms with van der Waals surface area (Å²) < 4.78 is 0. The highest BCUT2D eigenvalue weighted by Gasteiger charge is 2.40. The Bertz CT molecular complexity index is 566. The highest BCUT2D eigenvalue weighted by atomic mass is 16.2. The lowest BCUT2D eigenvalue weighted by Gasteiger charge is -2.25. The molecule has 2 rings (SSSR count). The Morgan fingerprint density at radius 3 is 2.74 bits per heavy atom. The minimum Gasteiger partial charge on any atom is -0.335 e. The van der Waals surface area contributed by atoms with Gasteiger partial charge in [0, 0.05) is 19.6 Å². The van der Waals surface area contributed by atoms with Crippen LogP contribution < -0.4 is 11.1 Å². The van der Waals surface area contributed by atoms with Crippen molar-refractivity contribution in [2.45, 2.75) is 44.8 Å². The molecule has 0 saturated carbocycles. The van der Waals surface area contributed by atoms with E-state index in [-0.39, 0.29) is 5.91 Å². The Balaban J connectivity index is 1.95. The first kappa shape index (κ1) is 17.5. The molecule has 0 radical (unpaired) electrons. The number of likely N-dealkylation sites (tertiary alicyclic amines) is 1. The standard InChI is InChI=1S/C18H26N4O/c1-14(2)10-16(20)17(23)21-18(12-19)8-9-22(13-18)11-15-6-4-3-5-7-15/h3-7,14,16H,8-11,13,20H2,1-2H3,(H,21,23). The average Bonchev–Trinajstić information content (AvgIpc) is 2.91. The van der Waals surface area contributed by atoms with Crippen molar-refractivity contribution in [2.24, 2.45) is 11.7 Å². The molecule has 1 saturated heterocycles. The topological polar surface area (TPSA) is 82.1 Å². The fraction of sp³-hybridized carbons (Fsp3) is 0.556. The molecule has 5 nitrogen and oxygen atoms in total. The van der Waals surface area contributed by atoms with Gasteiger partial charge in [-0.2, -0.15) is 5.26 Å². The molecule has 2 unspecified atom stereocenters. The Kier molecular flexibility index (Phi) is 5.75. The molecule has 3 N–H and O–H groups in total. The summed E-state index contributed by atoms with van der Waals surface area (Å²) in [6.07, 6.45) is 1.26. The van der Waals surface area contributed by atoms with Crippen LogP contribution in [0.3, 0.4) is 0 Å². The molecule has 1 aliphatic heterocycles. The summed E-state index contributed by atoms with van der Waals surface area (Å²) in [5.74, 6) is 0.133. The van der Waals surface area contributed by atoms with Crippen molar-refractivity contribution in [1.82, 2.24) is 10.2 Å². The average molecular weight is 314 g/mol. The zero-order chi connectivity index (χ0) is 16.9. The Hall–Kier alpha value is -1.90. The molecule has 5 heteroatoms. The van der Waals surface area contributed by atoms with Gasteiger partial charge in [0.25, 0.3) is 0 Å². The van der Waals surface area contributed by atoms with Gasteiger partial charge in [0.15, 0.2) is 0 Å². The van der Waals surface area contributed by atoms with E-state index in [4.69, 9.17) is 5.73 Å². The van der Waals surface area contributed by atoms with Crippen LogP contribution in [0.1, 0.15) is 32.3 Å². The van der Waals surface area contributed by atoms with E-state index in [0.717, 1.165) is 13.1 Å². The predicted octanol–water partition coefficient (Wildman–Crippen LogP) is 1.64. The van der Waals surface area contributed by atoms with Crippen LogP contribution in [0.25, 0.3) is 0 Å². The third kappa shape index (κ3) is 4.78. The van der Waals surface area contributed by atoms with E-state index in [0.29, 0.717) is 25.3 Å². The fourth-order valence-electron chi connectivity index (χ4n) is 3.03. The summed E-state index contributed by atoms with van der Waals surface area (Å²) in [4.78, 5) is 14.5. The molecule has 2 atom stereocenters. The number of nitrogens with two attached hydrogens (primary N) is 1. The zero-order valence-corrected chi connectivity index (χ0v) is 14.0. The van der Waals surface area contributed by atoms with Crippen molar-refractivity contribution in [3.63, 3.8) is 0 Å². The van der Waals surface area contributed by atoms with E-state index in [2.05, 4.69) is 28.4 Å². The second-order valence-electron chi connectivity index (χ2n) is 6.87. The first-order valence-corrected chi connectivity index (χ1v) is 8.19. The van der Waals surface area contributed by atoms with E-state index < -0.39 is 11.6 Å². The number of benzene rings is 1. The van der Waals surface area contributed by atoms with E-state index >= 15 is 0 Å². The fourth-order valence-corrected chi connectivity index (χ4v) is 3.03. The van der Waals surface area contributed by atoms with Crippen LogP contribution in [-0.4, -0.2) is 35.5 Å². The van der Waals surface area contributed by atoms with E-state index in [1.807, 2.05) is 32.0 Å².